The van der Waals surface area contributed by atoms with E-state index in [9.17, 15) is 13.2 Å². The van der Waals surface area contributed by atoms with Crippen molar-refractivity contribution < 1.29 is 17.7 Å². The van der Waals surface area contributed by atoms with Crippen LogP contribution in [0, 0.1) is 0 Å². The van der Waals surface area contributed by atoms with Crippen molar-refractivity contribution in [2.24, 2.45) is 5.73 Å². The zero-order chi connectivity index (χ0) is 15.5. The first-order valence-corrected chi connectivity index (χ1v) is 6.70. The van der Waals surface area contributed by atoms with Crippen molar-refractivity contribution in [1.29, 1.82) is 0 Å². The monoisotopic (exact) mass is 320 g/mol. The van der Waals surface area contributed by atoms with Gasteiger partial charge in [0.2, 0.25) is 5.89 Å². The lowest BCUT2D eigenvalue weighted by Gasteiger charge is -2.04. The van der Waals surface area contributed by atoms with E-state index in [2.05, 4.69) is 31.4 Å². The van der Waals surface area contributed by atoms with Crippen LogP contribution in [0.4, 0.5) is 13.2 Å². The summed E-state index contributed by atoms with van der Waals surface area (Å²) in [5.41, 5.74) is 5.52. The smallest absolute Gasteiger partial charge is 0.338 e. The molecule has 0 atom stereocenters. The standard InChI is InChI=1S/C10H11F3N6OS/c1-2-3-19-6(4-14)16-17-9(19)21-5-7-15-8(18-20-7)10(11,12)13/h2H,1,3-5,14H2. The summed E-state index contributed by atoms with van der Waals surface area (Å²) in [7, 11) is 0. The van der Waals surface area contributed by atoms with Crippen LogP contribution in [0.3, 0.4) is 0 Å². The Balaban J connectivity index is 2.08. The van der Waals surface area contributed by atoms with Crippen LogP contribution in [-0.4, -0.2) is 24.9 Å². The summed E-state index contributed by atoms with van der Waals surface area (Å²) in [6.45, 7) is 4.25. The van der Waals surface area contributed by atoms with E-state index >= 15 is 0 Å². The van der Waals surface area contributed by atoms with E-state index in [0.29, 0.717) is 17.5 Å². The first-order chi connectivity index (χ1) is 9.95. The molecule has 0 spiro atoms. The first kappa shape index (κ1) is 15.5. The predicted molar refractivity (Wildman–Crippen MR) is 67.0 cm³/mol. The fourth-order valence-electron chi connectivity index (χ4n) is 1.44. The number of halogens is 3. The minimum Gasteiger partial charge on any atom is -0.338 e. The molecule has 0 aliphatic heterocycles. The highest BCUT2D eigenvalue weighted by atomic mass is 32.2. The quantitative estimate of drug-likeness (QED) is 0.638. The molecule has 0 unspecified atom stereocenters. The zero-order valence-electron chi connectivity index (χ0n) is 10.7. The Bertz CT molecular complexity index is 623. The van der Waals surface area contributed by atoms with Gasteiger partial charge in [-0.3, -0.25) is 0 Å². The van der Waals surface area contributed by atoms with Gasteiger partial charge < -0.3 is 14.8 Å². The molecular weight excluding hydrogens is 309 g/mol. The molecular formula is C10H11F3N6OS. The van der Waals surface area contributed by atoms with Crippen LogP contribution in [0.25, 0.3) is 0 Å². The summed E-state index contributed by atoms with van der Waals surface area (Å²) in [6, 6.07) is 0. The molecule has 2 N–H and O–H groups in total. The maximum absolute atomic E-state index is 12.3. The molecule has 0 aromatic carbocycles. The van der Waals surface area contributed by atoms with Crippen molar-refractivity contribution in [3.63, 3.8) is 0 Å². The van der Waals surface area contributed by atoms with Gasteiger partial charge in [0.25, 0.3) is 5.82 Å². The molecule has 0 saturated carbocycles. The Morgan fingerprint density at radius 3 is 2.71 bits per heavy atom. The van der Waals surface area contributed by atoms with Gasteiger partial charge in [0.1, 0.15) is 5.82 Å². The van der Waals surface area contributed by atoms with Crippen molar-refractivity contribution in [3.8, 4) is 0 Å². The van der Waals surface area contributed by atoms with Gasteiger partial charge in [-0.25, -0.2) is 0 Å². The van der Waals surface area contributed by atoms with Crippen LogP contribution in [0.5, 0.6) is 0 Å². The molecule has 0 fully saturated rings. The van der Waals surface area contributed by atoms with Gasteiger partial charge >= 0.3 is 6.18 Å². The predicted octanol–water partition coefficient (Wildman–Crippen LogP) is 1.62. The van der Waals surface area contributed by atoms with Crippen LogP contribution in [0.1, 0.15) is 17.5 Å². The fourth-order valence-corrected chi connectivity index (χ4v) is 2.25. The van der Waals surface area contributed by atoms with E-state index in [1.807, 2.05) is 0 Å². The maximum Gasteiger partial charge on any atom is 0.455 e. The lowest BCUT2D eigenvalue weighted by atomic mass is 10.5. The number of rotatable bonds is 6. The number of nitrogens with two attached hydrogens (primary N) is 1. The molecule has 114 valence electrons. The number of aromatic nitrogens is 5. The van der Waals surface area contributed by atoms with Crippen molar-refractivity contribution in [1.82, 2.24) is 24.9 Å². The van der Waals surface area contributed by atoms with Crippen molar-refractivity contribution in [3.05, 3.63) is 30.2 Å². The molecule has 0 saturated heterocycles. The third-order valence-corrected chi connectivity index (χ3v) is 3.29. The summed E-state index contributed by atoms with van der Waals surface area (Å²) < 4.78 is 43.3. The molecule has 21 heavy (non-hydrogen) atoms. The van der Waals surface area contributed by atoms with E-state index in [0.717, 1.165) is 11.8 Å². The number of allylic oxidation sites excluding steroid dienone is 1. The Hall–Kier alpha value is -1.88. The van der Waals surface area contributed by atoms with Gasteiger partial charge in [0.05, 0.1) is 12.3 Å². The molecule has 2 heterocycles. The van der Waals surface area contributed by atoms with Crippen LogP contribution in [-0.2, 0) is 25.0 Å². The van der Waals surface area contributed by atoms with Crippen LogP contribution in [0.2, 0.25) is 0 Å². The topological polar surface area (TPSA) is 95.7 Å². The average Bonchev–Trinajstić information content (AvgIpc) is 3.03. The second-order valence-electron chi connectivity index (χ2n) is 3.80. The van der Waals surface area contributed by atoms with E-state index in [4.69, 9.17) is 5.73 Å². The second-order valence-corrected chi connectivity index (χ2v) is 4.74. The Morgan fingerprint density at radius 2 is 2.14 bits per heavy atom. The molecule has 2 aromatic rings. The first-order valence-electron chi connectivity index (χ1n) is 5.71. The van der Waals surface area contributed by atoms with Crippen molar-refractivity contribution in [2.45, 2.75) is 30.2 Å². The van der Waals surface area contributed by atoms with Crippen molar-refractivity contribution in [2.75, 3.05) is 0 Å². The van der Waals surface area contributed by atoms with Gasteiger partial charge in [0.15, 0.2) is 5.16 Å². The van der Waals surface area contributed by atoms with Gasteiger partial charge in [-0.05, 0) is 0 Å². The molecule has 7 nitrogen and oxygen atoms in total. The van der Waals surface area contributed by atoms with Crippen molar-refractivity contribution >= 4 is 11.8 Å². The van der Waals surface area contributed by atoms with E-state index in [-0.39, 0.29) is 18.2 Å². The number of thioether (sulfide) groups is 1. The Labute approximate surface area is 121 Å². The second kappa shape index (κ2) is 6.26. The van der Waals surface area contributed by atoms with Gasteiger partial charge in [-0.2, -0.15) is 18.2 Å². The maximum atomic E-state index is 12.3. The number of hydrogen-bond donors (Lipinski definition) is 1. The zero-order valence-corrected chi connectivity index (χ0v) is 11.5. The largest absolute Gasteiger partial charge is 0.455 e. The average molecular weight is 320 g/mol. The molecule has 2 aromatic heterocycles. The third-order valence-electron chi connectivity index (χ3n) is 2.33. The summed E-state index contributed by atoms with van der Waals surface area (Å²) in [5, 5.41) is 11.2. The molecule has 11 heteroatoms. The molecule has 2 rings (SSSR count). The summed E-state index contributed by atoms with van der Waals surface area (Å²) in [5.74, 6) is -0.842. The number of nitrogens with zero attached hydrogens (tertiary/aromatic N) is 5. The minimum absolute atomic E-state index is 0.0446. The SMILES string of the molecule is C=CCn1c(CN)nnc1SCc1nc(C(F)(F)F)no1. The lowest BCUT2D eigenvalue weighted by Crippen LogP contribution is -2.08. The van der Waals surface area contributed by atoms with Gasteiger partial charge in [-0.1, -0.05) is 23.0 Å². The molecule has 0 aliphatic rings. The number of alkyl halides is 3. The minimum atomic E-state index is -4.62. The summed E-state index contributed by atoms with van der Waals surface area (Å²) in [4.78, 5) is 3.27. The van der Waals surface area contributed by atoms with E-state index < -0.39 is 12.0 Å². The molecule has 0 bridgehead atoms. The Morgan fingerprint density at radius 1 is 1.38 bits per heavy atom. The van der Waals surface area contributed by atoms with E-state index in [1.165, 1.54) is 0 Å². The van der Waals surface area contributed by atoms with E-state index in [1.54, 1.807) is 10.6 Å². The third kappa shape index (κ3) is 3.61. The summed E-state index contributed by atoms with van der Waals surface area (Å²) in [6.07, 6.45) is -2.98. The highest BCUT2D eigenvalue weighted by Crippen LogP contribution is 2.28. The highest BCUT2D eigenvalue weighted by molar-refractivity contribution is 7.98. The van der Waals surface area contributed by atoms with Gasteiger partial charge in [0, 0.05) is 6.54 Å². The number of hydrogen-bond acceptors (Lipinski definition) is 7. The van der Waals surface area contributed by atoms with Crippen LogP contribution >= 0.6 is 11.8 Å². The van der Waals surface area contributed by atoms with Crippen LogP contribution < -0.4 is 5.73 Å². The molecule has 0 amide bonds. The normalized spacial score (nSPS) is 11.8. The molecule has 0 aliphatic carbocycles. The summed E-state index contributed by atoms with van der Waals surface area (Å²) >= 11 is 1.12. The van der Waals surface area contributed by atoms with Crippen LogP contribution in [0.15, 0.2) is 22.3 Å². The highest BCUT2D eigenvalue weighted by Gasteiger charge is 2.37. The lowest BCUT2D eigenvalue weighted by molar-refractivity contribution is -0.146. The Kier molecular flexibility index (Phi) is 4.63. The van der Waals surface area contributed by atoms with Gasteiger partial charge in [-0.15, -0.1) is 16.8 Å². The molecule has 0 radical (unpaired) electrons. The fraction of sp³-hybridized carbons (Fsp3) is 0.400.